The Morgan fingerprint density at radius 3 is 2.80 bits per heavy atom. The highest BCUT2D eigenvalue weighted by Crippen LogP contribution is 2.09. The molecule has 1 aliphatic rings. The molecule has 84 valence electrons. The van der Waals surface area contributed by atoms with Crippen molar-refractivity contribution in [3.8, 4) is 0 Å². The zero-order chi connectivity index (χ0) is 10.5. The molecule has 1 aromatic heterocycles. The van der Waals surface area contributed by atoms with Crippen molar-refractivity contribution in [2.24, 2.45) is 0 Å². The Labute approximate surface area is 104 Å². The molecule has 0 radical (unpaired) electrons. The van der Waals surface area contributed by atoms with Gasteiger partial charge in [-0.25, -0.2) is 0 Å². The second-order valence-corrected chi connectivity index (χ2v) is 4.99. The van der Waals surface area contributed by atoms with Crippen molar-refractivity contribution in [2.75, 3.05) is 26.2 Å². The van der Waals surface area contributed by atoms with Crippen molar-refractivity contribution < 1.29 is 4.42 Å². The minimum atomic E-state index is 0.844. The zero-order valence-electron chi connectivity index (χ0n) is 8.84. The molecule has 0 aliphatic carbocycles. The van der Waals surface area contributed by atoms with Gasteiger partial charge in [-0.15, -0.1) is 0 Å². The number of nitrogens with zero attached hydrogens (tertiary/aromatic N) is 1. The van der Waals surface area contributed by atoms with Crippen LogP contribution < -0.4 is 5.32 Å². The number of hydrogen-bond donors (Lipinski definition) is 1. The molecule has 2 heterocycles. The Hall–Kier alpha value is -0.0700. The van der Waals surface area contributed by atoms with Crippen molar-refractivity contribution in [1.82, 2.24) is 10.2 Å². The van der Waals surface area contributed by atoms with E-state index in [0.29, 0.717) is 0 Å². The Bertz CT molecular complexity index is 295. The lowest BCUT2D eigenvalue weighted by Gasteiger charge is -2.14. The normalized spacial score (nSPS) is 17.4. The first kappa shape index (κ1) is 11.4. The predicted molar refractivity (Wildman–Crippen MR) is 68.8 cm³/mol. The number of furan rings is 1. The quantitative estimate of drug-likeness (QED) is 0.665. The lowest BCUT2D eigenvalue weighted by molar-refractivity contribution is 0.332. The highest BCUT2D eigenvalue weighted by molar-refractivity contribution is 14.1. The Kier molecular flexibility index (Phi) is 4.46. The number of hydrogen-bond acceptors (Lipinski definition) is 3. The van der Waals surface area contributed by atoms with Crippen LogP contribution in [0.2, 0.25) is 0 Å². The molecular weight excluding hydrogens is 303 g/mol. The van der Waals surface area contributed by atoms with Crippen LogP contribution in [-0.2, 0) is 6.54 Å². The summed E-state index contributed by atoms with van der Waals surface area (Å²) in [5, 5.41) is 3.40. The average molecular weight is 320 g/mol. The topological polar surface area (TPSA) is 28.4 Å². The number of nitrogens with one attached hydrogen (secondary N) is 1. The van der Waals surface area contributed by atoms with Crippen LogP contribution in [0.25, 0.3) is 0 Å². The van der Waals surface area contributed by atoms with Crippen LogP contribution in [-0.4, -0.2) is 31.1 Å². The molecular formula is C11H17IN2O. The van der Waals surface area contributed by atoms with E-state index in [2.05, 4.69) is 32.8 Å². The van der Waals surface area contributed by atoms with Crippen LogP contribution in [0.4, 0.5) is 0 Å². The Morgan fingerprint density at radius 2 is 2.13 bits per heavy atom. The van der Waals surface area contributed by atoms with Gasteiger partial charge in [-0.1, -0.05) is 0 Å². The molecule has 1 fully saturated rings. The molecule has 0 unspecified atom stereocenters. The molecule has 0 aromatic carbocycles. The van der Waals surface area contributed by atoms with Crippen molar-refractivity contribution in [3.05, 3.63) is 21.7 Å². The average Bonchev–Trinajstić information content (AvgIpc) is 2.84. The van der Waals surface area contributed by atoms with Gasteiger partial charge in [-0.3, -0.25) is 0 Å². The van der Waals surface area contributed by atoms with E-state index in [1.807, 2.05) is 12.1 Å². The van der Waals surface area contributed by atoms with Crippen LogP contribution in [0.5, 0.6) is 0 Å². The van der Waals surface area contributed by atoms with E-state index in [9.17, 15) is 0 Å². The third kappa shape index (κ3) is 3.77. The summed E-state index contributed by atoms with van der Waals surface area (Å²) in [5.41, 5.74) is 0. The van der Waals surface area contributed by atoms with Gasteiger partial charge in [0.25, 0.3) is 0 Å². The number of halogens is 1. The maximum absolute atomic E-state index is 5.47. The molecule has 3 nitrogen and oxygen atoms in total. The smallest absolute Gasteiger partial charge is 0.164 e. The van der Waals surface area contributed by atoms with Crippen molar-refractivity contribution >= 4 is 22.6 Å². The SMILES string of the molecule is Ic1ccc(CNCCN2CCCC2)o1. The zero-order valence-corrected chi connectivity index (χ0v) is 11.0. The summed E-state index contributed by atoms with van der Waals surface area (Å²) in [6.07, 6.45) is 2.74. The molecule has 0 saturated carbocycles. The van der Waals surface area contributed by atoms with Gasteiger partial charge < -0.3 is 14.6 Å². The summed E-state index contributed by atoms with van der Waals surface area (Å²) in [4.78, 5) is 2.51. The molecule has 1 N–H and O–H groups in total. The fraction of sp³-hybridized carbons (Fsp3) is 0.636. The van der Waals surface area contributed by atoms with E-state index in [0.717, 1.165) is 29.2 Å². The highest BCUT2D eigenvalue weighted by atomic mass is 127. The predicted octanol–water partition coefficient (Wildman–Crippen LogP) is 2.07. The van der Waals surface area contributed by atoms with Gasteiger partial charge in [0, 0.05) is 13.1 Å². The van der Waals surface area contributed by atoms with Gasteiger partial charge in [0.05, 0.1) is 6.54 Å². The van der Waals surface area contributed by atoms with Gasteiger partial charge in [0.2, 0.25) is 0 Å². The molecule has 15 heavy (non-hydrogen) atoms. The van der Waals surface area contributed by atoms with Crippen molar-refractivity contribution in [1.29, 1.82) is 0 Å². The summed E-state index contributed by atoms with van der Waals surface area (Å²) in [7, 11) is 0. The van der Waals surface area contributed by atoms with Gasteiger partial charge >= 0.3 is 0 Å². The third-order valence-electron chi connectivity index (χ3n) is 2.73. The van der Waals surface area contributed by atoms with Crippen LogP contribution >= 0.6 is 22.6 Å². The minimum absolute atomic E-state index is 0.844. The molecule has 0 spiro atoms. The first-order chi connectivity index (χ1) is 7.34. The molecule has 0 bridgehead atoms. The molecule has 1 saturated heterocycles. The molecule has 4 heteroatoms. The second kappa shape index (κ2) is 5.86. The molecule has 0 atom stereocenters. The summed E-state index contributed by atoms with van der Waals surface area (Å²) in [6.45, 7) is 5.62. The van der Waals surface area contributed by atoms with E-state index < -0.39 is 0 Å². The second-order valence-electron chi connectivity index (χ2n) is 3.93. The van der Waals surface area contributed by atoms with Gasteiger partial charge in [0.15, 0.2) is 3.77 Å². The van der Waals surface area contributed by atoms with E-state index in [1.54, 1.807) is 0 Å². The van der Waals surface area contributed by atoms with Crippen molar-refractivity contribution in [3.63, 3.8) is 0 Å². The van der Waals surface area contributed by atoms with E-state index in [1.165, 1.54) is 25.9 Å². The molecule has 2 rings (SSSR count). The van der Waals surface area contributed by atoms with E-state index in [4.69, 9.17) is 4.42 Å². The summed E-state index contributed by atoms with van der Waals surface area (Å²) >= 11 is 2.19. The Morgan fingerprint density at radius 1 is 1.33 bits per heavy atom. The summed E-state index contributed by atoms with van der Waals surface area (Å²) < 4.78 is 6.43. The van der Waals surface area contributed by atoms with Crippen LogP contribution in [0, 0.1) is 3.77 Å². The maximum Gasteiger partial charge on any atom is 0.164 e. The molecule has 1 aliphatic heterocycles. The Balaban J connectivity index is 1.58. The number of likely N-dealkylation sites (tertiary alicyclic amines) is 1. The molecule has 1 aromatic rings. The summed E-state index contributed by atoms with van der Waals surface area (Å²) in [6, 6.07) is 4.03. The summed E-state index contributed by atoms with van der Waals surface area (Å²) in [5.74, 6) is 1.03. The largest absolute Gasteiger partial charge is 0.454 e. The van der Waals surface area contributed by atoms with Crippen LogP contribution in [0.3, 0.4) is 0 Å². The molecule has 0 amide bonds. The minimum Gasteiger partial charge on any atom is -0.454 e. The number of rotatable bonds is 5. The first-order valence-corrected chi connectivity index (χ1v) is 6.60. The fourth-order valence-electron chi connectivity index (χ4n) is 1.90. The maximum atomic E-state index is 5.47. The van der Waals surface area contributed by atoms with Gasteiger partial charge in [-0.2, -0.15) is 0 Å². The van der Waals surface area contributed by atoms with Crippen molar-refractivity contribution in [2.45, 2.75) is 19.4 Å². The van der Waals surface area contributed by atoms with E-state index >= 15 is 0 Å². The first-order valence-electron chi connectivity index (χ1n) is 5.52. The standard InChI is InChI=1S/C11H17IN2O/c12-11-4-3-10(15-11)9-13-5-8-14-6-1-2-7-14/h3-4,13H,1-2,5-9H2. The lowest BCUT2D eigenvalue weighted by Crippen LogP contribution is -2.29. The fourth-order valence-corrected chi connectivity index (χ4v) is 2.36. The van der Waals surface area contributed by atoms with E-state index in [-0.39, 0.29) is 0 Å². The van der Waals surface area contributed by atoms with Gasteiger partial charge in [-0.05, 0) is 60.7 Å². The monoisotopic (exact) mass is 320 g/mol. The van der Waals surface area contributed by atoms with Crippen LogP contribution in [0.15, 0.2) is 16.5 Å². The highest BCUT2D eigenvalue weighted by Gasteiger charge is 2.10. The van der Waals surface area contributed by atoms with Crippen LogP contribution in [0.1, 0.15) is 18.6 Å². The third-order valence-corrected chi connectivity index (χ3v) is 3.31. The lowest BCUT2D eigenvalue weighted by atomic mass is 10.4. The van der Waals surface area contributed by atoms with Gasteiger partial charge in [0.1, 0.15) is 5.76 Å².